The number of aromatic nitrogens is 3. The van der Waals surface area contributed by atoms with Crippen molar-refractivity contribution in [3.8, 4) is 0 Å². The van der Waals surface area contributed by atoms with E-state index in [9.17, 15) is 0 Å². The van der Waals surface area contributed by atoms with Crippen molar-refractivity contribution < 1.29 is 4.42 Å². The lowest BCUT2D eigenvalue weighted by atomic mass is 10.2. The molecule has 0 bridgehead atoms. The molecule has 0 aromatic carbocycles. The summed E-state index contributed by atoms with van der Waals surface area (Å²) in [6.07, 6.45) is 5.10. The first kappa shape index (κ1) is 9.92. The van der Waals surface area contributed by atoms with Gasteiger partial charge in [0.2, 0.25) is 0 Å². The Morgan fingerprint density at radius 2 is 2.47 bits per heavy atom. The van der Waals surface area contributed by atoms with Gasteiger partial charge in [0.05, 0.1) is 18.6 Å². The summed E-state index contributed by atoms with van der Waals surface area (Å²) in [6, 6.07) is 2.11. The average Bonchev–Trinajstić information content (AvgIpc) is 2.84. The van der Waals surface area contributed by atoms with E-state index in [0.717, 1.165) is 17.9 Å². The van der Waals surface area contributed by atoms with Crippen molar-refractivity contribution in [1.82, 2.24) is 20.1 Å². The van der Waals surface area contributed by atoms with Gasteiger partial charge in [0.1, 0.15) is 12.2 Å². The number of nitrogens with one attached hydrogen (secondary N) is 1. The van der Waals surface area contributed by atoms with Gasteiger partial charge in [0, 0.05) is 19.2 Å². The molecule has 0 fully saturated rings. The Labute approximate surface area is 88.1 Å². The minimum atomic E-state index is 0.174. The van der Waals surface area contributed by atoms with Crippen LogP contribution in [0.1, 0.15) is 24.4 Å². The monoisotopic (exact) mass is 206 g/mol. The maximum Gasteiger partial charge on any atom is 0.149 e. The number of rotatable bonds is 4. The Kier molecular flexibility index (Phi) is 2.82. The van der Waals surface area contributed by atoms with Gasteiger partial charge in [-0.2, -0.15) is 0 Å². The number of furan rings is 1. The molecule has 0 saturated carbocycles. The van der Waals surface area contributed by atoms with Crippen LogP contribution >= 0.6 is 0 Å². The van der Waals surface area contributed by atoms with Crippen LogP contribution in [0.5, 0.6) is 0 Å². The summed E-state index contributed by atoms with van der Waals surface area (Å²) in [5.74, 6) is 0.929. The van der Waals surface area contributed by atoms with Crippen LogP contribution < -0.4 is 5.32 Å². The highest BCUT2D eigenvalue weighted by Crippen LogP contribution is 2.08. The topological polar surface area (TPSA) is 55.9 Å². The quantitative estimate of drug-likeness (QED) is 0.818. The largest absolute Gasteiger partial charge is 0.472 e. The predicted molar refractivity (Wildman–Crippen MR) is 55.0 cm³/mol. The number of aryl methyl sites for hydroxylation is 1. The van der Waals surface area contributed by atoms with Crippen LogP contribution in [0, 0.1) is 0 Å². The first-order valence-corrected chi connectivity index (χ1v) is 4.85. The molecule has 2 aromatic heterocycles. The third-order valence-electron chi connectivity index (χ3n) is 2.33. The second kappa shape index (κ2) is 4.27. The van der Waals surface area contributed by atoms with Crippen LogP contribution in [0.3, 0.4) is 0 Å². The van der Waals surface area contributed by atoms with Crippen molar-refractivity contribution in [3.05, 3.63) is 36.3 Å². The first-order chi connectivity index (χ1) is 7.27. The lowest BCUT2D eigenvalue weighted by Crippen LogP contribution is -2.20. The summed E-state index contributed by atoms with van der Waals surface area (Å²) in [4.78, 5) is 0. The summed E-state index contributed by atoms with van der Waals surface area (Å²) in [5.41, 5.74) is 1.13. The van der Waals surface area contributed by atoms with Gasteiger partial charge in [-0.15, -0.1) is 10.2 Å². The van der Waals surface area contributed by atoms with E-state index in [1.165, 1.54) is 0 Å². The van der Waals surface area contributed by atoms with Crippen molar-refractivity contribution in [3.63, 3.8) is 0 Å². The summed E-state index contributed by atoms with van der Waals surface area (Å²) >= 11 is 0. The van der Waals surface area contributed by atoms with Gasteiger partial charge in [0.25, 0.3) is 0 Å². The summed E-state index contributed by atoms with van der Waals surface area (Å²) in [5, 5.41) is 11.2. The minimum Gasteiger partial charge on any atom is -0.472 e. The van der Waals surface area contributed by atoms with Gasteiger partial charge in [-0.05, 0) is 13.0 Å². The second-order valence-corrected chi connectivity index (χ2v) is 3.53. The molecule has 0 saturated heterocycles. The maximum atomic E-state index is 4.99. The zero-order valence-electron chi connectivity index (χ0n) is 8.84. The molecule has 0 amide bonds. The average molecular weight is 206 g/mol. The van der Waals surface area contributed by atoms with Gasteiger partial charge in [-0.3, -0.25) is 0 Å². The van der Waals surface area contributed by atoms with E-state index in [2.05, 4.69) is 22.4 Å². The van der Waals surface area contributed by atoms with E-state index in [4.69, 9.17) is 4.42 Å². The van der Waals surface area contributed by atoms with Crippen LogP contribution in [-0.2, 0) is 13.6 Å². The number of nitrogens with zero attached hydrogens (tertiary/aromatic N) is 3. The fourth-order valence-electron chi connectivity index (χ4n) is 1.44. The van der Waals surface area contributed by atoms with Gasteiger partial charge < -0.3 is 14.3 Å². The smallest absolute Gasteiger partial charge is 0.149 e. The summed E-state index contributed by atoms with van der Waals surface area (Å²) < 4.78 is 6.90. The van der Waals surface area contributed by atoms with Crippen LogP contribution in [0.4, 0.5) is 0 Å². The molecule has 2 heterocycles. The number of hydrogen-bond donors (Lipinski definition) is 1. The van der Waals surface area contributed by atoms with Gasteiger partial charge in [-0.25, -0.2) is 0 Å². The molecule has 80 valence electrons. The molecule has 0 aliphatic heterocycles. The molecule has 0 aliphatic carbocycles. The molecule has 2 rings (SSSR count). The molecule has 0 aliphatic rings. The Balaban J connectivity index is 1.93. The lowest BCUT2D eigenvalue weighted by molar-refractivity contribution is 0.520. The van der Waals surface area contributed by atoms with Crippen molar-refractivity contribution in [2.45, 2.75) is 19.5 Å². The van der Waals surface area contributed by atoms with Crippen molar-refractivity contribution in [2.24, 2.45) is 7.05 Å². The second-order valence-electron chi connectivity index (χ2n) is 3.53. The Morgan fingerprint density at radius 3 is 3.07 bits per heavy atom. The van der Waals surface area contributed by atoms with Gasteiger partial charge in [0.15, 0.2) is 0 Å². The van der Waals surface area contributed by atoms with Crippen LogP contribution in [0.25, 0.3) is 0 Å². The van der Waals surface area contributed by atoms with Crippen molar-refractivity contribution >= 4 is 0 Å². The molecule has 1 atom stereocenters. The Morgan fingerprint density at radius 1 is 1.60 bits per heavy atom. The SMILES string of the molecule is CC(NCc1ccoc1)c1nncn1C. The molecule has 1 unspecified atom stereocenters. The standard InChI is InChI=1S/C10H14N4O/c1-8(10-13-12-7-14(10)2)11-5-9-3-4-15-6-9/h3-4,6-8,11H,5H2,1-2H3. The minimum absolute atomic E-state index is 0.174. The molecule has 0 radical (unpaired) electrons. The van der Waals surface area contributed by atoms with E-state index in [1.54, 1.807) is 18.9 Å². The molecule has 2 aromatic rings. The fourth-order valence-corrected chi connectivity index (χ4v) is 1.44. The highest BCUT2D eigenvalue weighted by Gasteiger charge is 2.10. The van der Waals surface area contributed by atoms with Crippen LogP contribution in [0.15, 0.2) is 29.3 Å². The fraction of sp³-hybridized carbons (Fsp3) is 0.400. The third kappa shape index (κ3) is 2.24. The zero-order valence-corrected chi connectivity index (χ0v) is 8.84. The van der Waals surface area contributed by atoms with E-state index in [1.807, 2.05) is 17.7 Å². The molecule has 15 heavy (non-hydrogen) atoms. The molecule has 0 spiro atoms. The normalized spacial score (nSPS) is 12.9. The molecule has 5 nitrogen and oxygen atoms in total. The van der Waals surface area contributed by atoms with Crippen LogP contribution in [0.2, 0.25) is 0 Å². The Bertz CT molecular complexity index is 407. The highest BCUT2D eigenvalue weighted by atomic mass is 16.3. The Hall–Kier alpha value is -1.62. The molecule has 1 N–H and O–H groups in total. The molecule has 5 heteroatoms. The maximum absolute atomic E-state index is 4.99. The van der Waals surface area contributed by atoms with Crippen molar-refractivity contribution in [2.75, 3.05) is 0 Å². The zero-order chi connectivity index (χ0) is 10.7. The van der Waals surface area contributed by atoms with Gasteiger partial charge >= 0.3 is 0 Å². The summed E-state index contributed by atoms with van der Waals surface area (Å²) in [6.45, 7) is 2.83. The molecular weight excluding hydrogens is 192 g/mol. The first-order valence-electron chi connectivity index (χ1n) is 4.85. The van der Waals surface area contributed by atoms with E-state index in [0.29, 0.717) is 0 Å². The molecular formula is C10H14N4O. The van der Waals surface area contributed by atoms with Gasteiger partial charge in [-0.1, -0.05) is 0 Å². The van der Waals surface area contributed by atoms with Crippen molar-refractivity contribution in [1.29, 1.82) is 0 Å². The van der Waals surface area contributed by atoms with Crippen LogP contribution in [-0.4, -0.2) is 14.8 Å². The highest BCUT2D eigenvalue weighted by molar-refractivity contribution is 5.05. The van der Waals surface area contributed by atoms with E-state index in [-0.39, 0.29) is 6.04 Å². The predicted octanol–water partition coefficient (Wildman–Crippen LogP) is 1.26. The van der Waals surface area contributed by atoms with E-state index >= 15 is 0 Å². The lowest BCUT2D eigenvalue weighted by Gasteiger charge is -2.11. The van der Waals surface area contributed by atoms with E-state index < -0.39 is 0 Å². The third-order valence-corrected chi connectivity index (χ3v) is 2.33. The summed E-state index contributed by atoms with van der Waals surface area (Å²) in [7, 11) is 1.94. The number of hydrogen-bond acceptors (Lipinski definition) is 4.